The number of fused-ring (bicyclic) bond motifs is 1. The van der Waals surface area contributed by atoms with Gasteiger partial charge in [0.05, 0.1) is 0 Å². The van der Waals surface area contributed by atoms with E-state index in [1.165, 1.54) is 4.52 Å². The molecule has 0 aliphatic carbocycles. The maximum Gasteiger partial charge on any atom is 0.328 e. The van der Waals surface area contributed by atoms with Gasteiger partial charge in [-0.15, -0.1) is 5.10 Å². The molecule has 0 aliphatic heterocycles. The molecule has 0 spiro atoms. The molecule has 2 heterocycles. The third kappa shape index (κ3) is 1.77. The molecule has 2 aromatic rings. The lowest BCUT2D eigenvalue weighted by Crippen LogP contribution is -2.22. The van der Waals surface area contributed by atoms with Gasteiger partial charge in [-0.3, -0.25) is 4.79 Å². The zero-order chi connectivity index (χ0) is 11.0. The Morgan fingerprint density at radius 3 is 3.07 bits per heavy atom. The smallest absolute Gasteiger partial charge is 0.328 e. The molecule has 78 valence electrons. The molecule has 0 saturated carbocycles. The van der Waals surface area contributed by atoms with Crippen LogP contribution in [0.2, 0.25) is 5.02 Å². The minimum atomic E-state index is -1.22. The van der Waals surface area contributed by atoms with Gasteiger partial charge in [-0.25, -0.2) is 9.50 Å². The number of carboxylic acids is 1. The highest BCUT2D eigenvalue weighted by atomic mass is 35.5. The summed E-state index contributed by atoms with van der Waals surface area (Å²) >= 11 is 5.74. The summed E-state index contributed by atoms with van der Waals surface area (Å²) in [5, 5.41) is 13.1. The fraction of sp³-hybridized carbons (Fsp3) is 0.125. The molecule has 2 aromatic heterocycles. The van der Waals surface area contributed by atoms with Gasteiger partial charge in [0, 0.05) is 17.3 Å². The lowest BCUT2D eigenvalue weighted by Gasteiger charge is -1.97. The third-order valence-corrected chi connectivity index (χ3v) is 2.10. The highest BCUT2D eigenvalue weighted by Crippen LogP contribution is 2.12. The number of nitrogens with two attached hydrogens (primary N) is 1. The summed E-state index contributed by atoms with van der Waals surface area (Å²) in [5.41, 5.74) is 5.84. The standard InChI is InChI=1S/C8H7ClN4O2/c9-4-1-2-13-5(3-4)11-7(12-13)6(10)8(14)15/h1-3,6H,10H2,(H,14,15). The molecule has 2 rings (SSSR count). The Labute approximate surface area is 89.3 Å². The van der Waals surface area contributed by atoms with Crippen molar-refractivity contribution >= 4 is 23.2 Å². The van der Waals surface area contributed by atoms with Crippen LogP contribution in [0, 0.1) is 0 Å². The van der Waals surface area contributed by atoms with Gasteiger partial charge >= 0.3 is 5.97 Å². The summed E-state index contributed by atoms with van der Waals surface area (Å²) in [6, 6.07) is 1.98. The van der Waals surface area contributed by atoms with Crippen LogP contribution in [0.1, 0.15) is 11.9 Å². The molecule has 0 amide bonds. The Balaban J connectivity index is 2.51. The topological polar surface area (TPSA) is 93.5 Å². The predicted octanol–water partition coefficient (Wildman–Crippen LogP) is 0.467. The molecule has 0 aliphatic rings. The van der Waals surface area contributed by atoms with Crippen molar-refractivity contribution < 1.29 is 9.90 Å². The van der Waals surface area contributed by atoms with Crippen LogP contribution in [0.3, 0.4) is 0 Å². The summed E-state index contributed by atoms with van der Waals surface area (Å²) in [4.78, 5) is 14.6. The van der Waals surface area contributed by atoms with E-state index in [1.54, 1.807) is 18.3 Å². The van der Waals surface area contributed by atoms with Crippen molar-refractivity contribution in [2.75, 3.05) is 0 Å². The van der Waals surface area contributed by atoms with Crippen LogP contribution in [-0.4, -0.2) is 25.7 Å². The largest absolute Gasteiger partial charge is 0.480 e. The highest BCUT2D eigenvalue weighted by Gasteiger charge is 2.19. The average molecular weight is 227 g/mol. The van der Waals surface area contributed by atoms with E-state index in [-0.39, 0.29) is 5.82 Å². The molecular weight excluding hydrogens is 220 g/mol. The van der Waals surface area contributed by atoms with Crippen molar-refractivity contribution in [2.45, 2.75) is 6.04 Å². The number of hydrogen-bond acceptors (Lipinski definition) is 4. The number of nitrogens with zero attached hydrogens (tertiary/aromatic N) is 3. The summed E-state index contributed by atoms with van der Waals surface area (Å²) in [6.45, 7) is 0. The molecule has 1 atom stereocenters. The van der Waals surface area contributed by atoms with E-state index in [9.17, 15) is 4.79 Å². The predicted molar refractivity (Wildman–Crippen MR) is 52.6 cm³/mol. The van der Waals surface area contributed by atoms with E-state index >= 15 is 0 Å². The number of carboxylic acid groups (broad SMARTS) is 1. The summed E-state index contributed by atoms with van der Waals surface area (Å²) in [6.07, 6.45) is 1.59. The van der Waals surface area contributed by atoms with Gasteiger partial charge in [0.2, 0.25) is 0 Å². The van der Waals surface area contributed by atoms with Crippen LogP contribution >= 0.6 is 11.6 Å². The lowest BCUT2D eigenvalue weighted by atomic mass is 10.3. The molecule has 1 unspecified atom stereocenters. The van der Waals surface area contributed by atoms with Crippen LogP contribution < -0.4 is 5.73 Å². The summed E-state index contributed by atoms with van der Waals surface area (Å²) in [5.74, 6) is -1.11. The molecule has 7 heteroatoms. The van der Waals surface area contributed by atoms with Gasteiger partial charge in [-0.1, -0.05) is 11.6 Å². The number of halogens is 1. The second kappa shape index (κ2) is 3.48. The Morgan fingerprint density at radius 2 is 2.40 bits per heavy atom. The molecule has 6 nitrogen and oxygen atoms in total. The van der Waals surface area contributed by atoms with E-state index in [2.05, 4.69) is 10.1 Å². The fourth-order valence-electron chi connectivity index (χ4n) is 1.12. The SMILES string of the molecule is NC(C(=O)O)c1nc2cc(Cl)ccn2n1. The van der Waals surface area contributed by atoms with Crippen molar-refractivity contribution in [1.29, 1.82) is 0 Å². The van der Waals surface area contributed by atoms with E-state index in [1.807, 2.05) is 0 Å². The van der Waals surface area contributed by atoms with Crippen molar-refractivity contribution in [3.8, 4) is 0 Å². The Hall–Kier alpha value is -1.66. The van der Waals surface area contributed by atoms with Crippen LogP contribution in [0.5, 0.6) is 0 Å². The maximum absolute atomic E-state index is 10.6. The number of aliphatic carboxylic acids is 1. The second-order valence-corrected chi connectivity index (χ2v) is 3.37. The van der Waals surface area contributed by atoms with Crippen molar-refractivity contribution in [1.82, 2.24) is 14.6 Å². The van der Waals surface area contributed by atoms with Crippen LogP contribution in [0.4, 0.5) is 0 Å². The molecule has 3 N–H and O–H groups in total. The normalized spacial score (nSPS) is 12.9. The Kier molecular flexibility index (Phi) is 2.29. The van der Waals surface area contributed by atoms with Crippen molar-refractivity contribution in [2.24, 2.45) is 5.73 Å². The first-order valence-corrected chi connectivity index (χ1v) is 4.46. The van der Waals surface area contributed by atoms with E-state index in [0.717, 1.165) is 0 Å². The first-order chi connectivity index (χ1) is 7.08. The quantitative estimate of drug-likeness (QED) is 0.776. The van der Waals surface area contributed by atoms with E-state index in [4.69, 9.17) is 22.4 Å². The lowest BCUT2D eigenvalue weighted by molar-refractivity contribution is -0.138. The molecule has 0 saturated heterocycles. The minimum absolute atomic E-state index is 0.0600. The highest BCUT2D eigenvalue weighted by molar-refractivity contribution is 6.30. The van der Waals surface area contributed by atoms with Gasteiger partial charge in [0.25, 0.3) is 0 Å². The first-order valence-electron chi connectivity index (χ1n) is 4.08. The number of hydrogen-bond donors (Lipinski definition) is 2. The molecule has 0 radical (unpaired) electrons. The van der Waals surface area contributed by atoms with Crippen LogP contribution in [-0.2, 0) is 4.79 Å². The molecule has 0 fully saturated rings. The Morgan fingerprint density at radius 1 is 1.67 bits per heavy atom. The van der Waals surface area contributed by atoms with Gasteiger partial charge in [0.1, 0.15) is 0 Å². The number of rotatable bonds is 2. The minimum Gasteiger partial charge on any atom is -0.480 e. The number of pyridine rings is 1. The van der Waals surface area contributed by atoms with Gasteiger partial charge in [-0.05, 0) is 6.07 Å². The van der Waals surface area contributed by atoms with Crippen molar-refractivity contribution in [3.05, 3.63) is 29.2 Å². The molecule has 0 aromatic carbocycles. The number of carbonyl (C=O) groups is 1. The van der Waals surface area contributed by atoms with E-state index in [0.29, 0.717) is 10.7 Å². The van der Waals surface area contributed by atoms with Gasteiger partial charge in [0.15, 0.2) is 17.5 Å². The monoisotopic (exact) mass is 226 g/mol. The zero-order valence-electron chi connectivity index (χ0n) is 7.46. The molecule has 0 bridgehead atoms. The average Bonchev–Trinajstić information content (AvgIpc) is 2.58. The Bertz CT molecular complexity index is 524. The summed E-state index contributed by atoms with van der Waals surface area (Å²) in [7, 11) is 0. The third-order valence-electron chi connectivity index (χ3n) is 1.86. The first kappa shape index (κ1) is 9.88. The van der Waals surface area contributed by atoms with Crippen LogP contribution in [0.25, 0.3) is 5.65 Å². The van der Waals surface area contributed by atoms with Crippen LogP contribution in [0.15, 0.2) is 18.3 Å². The molecule has 15 heavy (non-hydrogen) atoms. The number of aromatic nitrogens is 3. The van der Waals surface area contributed by atoms with Crippen molar-refractivity contribution in [3.63, 3.8) is 0 Å². The second-order valence-electron chi connectivity index (χ2n) is 2.93. The molecular formula is C8H7ClN4O2. The van der Waals surface area contributed by atoms with Gasteiger partial charge in [-0.2, -0.15) is 0 Å². The maximum atomic E-state index is 10.6. The zero-order valence-corrected chi connectivity index (χ0v) is 8.22. The van der Waals surface area contributed by atoms with Gasteiger partial charge < -0.3 is 10.8 Å². The fourth-order valence-corrected chi connectivity index (χ4v) is 1.27. The van der Waals surface area contributed by atoms with E-state index < -0.39 is 12.0 Å². The summed E-state index contributed by atoms with van der Waals surface area (Å²) < 4.78 is 1.42.